The number of pyridine rings is 1. The summed E-state index contributed by atoms with van der Waals surface area (Å²) in [6, 6.07) is 1.75. The van der Waals surface area contributed by atoms with E-state index in [4.69, 9.17) is 16.3 Å². The molecule has 150 valence electrons. The molecule has 0 amide bonds. The van der Waals surface area contributed by atoms with Crippen LogP contribution in [0, 0.1) is 5.41 Å². The molecule has 4 rings (SSSR count). The number of H-pyrrole nitrogens is 1. The van der Waals surface area contributed by atoms with Crippen molar-refractivity contribution < 1.29 is 4.74 Å². The van der Waals surface area contributed by atoms with Crippen molar-refractivity contribution in [3.8, 4) is 0 Å². The third-order valence-electron chi connectivity index (χ3n) is 5.66. The van der Waals surface area contributed by atoms with Crippen molar-refractivity contribution in [2.75, 3.05) is 24.6 Å². The third kappa shape index (κ3) is 3.73. The normalized spacial score (nSPS) is 21.4. The van der Waals surface area contributed by atoms with Crippen LogP contribution in [0.4, 0.5) is 5.82 Å². The fraction of sp³-hybridized carbons (Fsp3) is 0.526. The van der Waals surface area contributed by atoms with E-state index in [1.54, 1.807) is 25.5 Å². The molecule has 1 N–H and O–H groups in total. The molecule has 0 aromatic carbocycles. The molecule has 0 aliphatic carbocycles. The zero-order chi connectivity index (χ0) is 19.9. The highest BCUT2D eigenvalue weighted by atomic mass is 35.5. The molecule has 2 aliphatic rings. The maximum absolute atomic E-state index is 12.6. The maximum atomic E-state index is 12.6. The number of nitrogens with zero attached hydrogens (tertiary/aromatic N) is 3. The predicted octanol–water partition coefficient (Wildman–Crippen LogP) is 2.67. The standard InChI is InChI=1S/C19H23ClN4O3S/c1-12-9-19(11-27-12)4-7-24(8-5-19)16-17(25)22-14(10-21-16)28-13-3-6-23(2)18(26)15(13)20/h3,6,10,12H,4-5,7-9,11H2,1-2H3,(H,22,25)/t12-/m0/s1. The van der Waals surface area contributed by atoms with Gasteiger partial charge in [0.25, 0.3) is 11.1 Å². The van der Waals surface area contributed by atoms with Crippen molar-refractivity contribution in [2.45, 2.75) is 42.2 Å². The SMILES string of the molecule is C[C@H]1CC2(CCN(c3ncc(Sc4ccn(C)c(=O)c4Cl)[nH]c3=O)CC2)CO1. The topological polar surface area (TPSA) is 80.2 Å². The summed E-state index contributed by atoms with van der Waals surface area (Å²) in [5.74, 6) is 0.446. The van der Waals surface area contributed by atoms with Gasteiger partial charge in [0.15, 0.2) is 5.82 Å². The molecule has 1 spiro atoms. The molecule has 0 unspecified atom stereocenters. The van der Waals surface area contributed by atoms with E-state index < -0.39 is 0 Å². The number of ether oxygens (including phenoxy) is 1. The highest BCUT2D eigenvalue weighted by Crippen LogP contribution is 2.42. The monoisotopic (exact) mass is 422 g/mol. The summed E-state index contributed by atoms with van der Waals surface area (Å²) >= 11 is 7.35. The van der Waals surface area contributed by atoms with Crippen molar-refractivity contribution in [3.63, 3.8) is 0 Å². The summed E-state index contributed by atoms with van der Waals surface area (Å²) in [6.45, 7) is 4.55. The van der Waals surface area contributed by atoms with Gasteiger partial charge in [-0.25, -0.2) is 4.98 Å². The van der Waals surface area contributed by atoms with Gasteiger partial charge in [0, 0.05) is 31.2 Å². The van der Waals surface area contributed by atoms with Crippen molar-refractivity contribution in [1.82, 2.24) is 14.5 Å². The first-order valence-electron chi connectivity index (χ1n) is 9.36. The minimum atomic E-state index is -0.272. The van der Waals surface area contributed by atoms with E-state index in [1.807, 2.05) is 4.90 Å². The summed E-state index contributed by atoms with van der Waals surface area (Å²) in [4.78, 5) is 34.5. The molecule has 2 aliphatic heterocycles. The third-order valence-corrected chi connectivity index (χ3v) is 7.12. The van der Waals surface area contributed by atoms with Gasteiger partial charge in [-0.15, -0.1) is 0 Å². The lowest BCUT2D eigenvalue weighted by atomic mass is 9.77. The number of halogens is 1. The Hall–Kier alpha value is -1.77. The summed E-state index contributed by atoms with van der Waals surface area (Å²) in [5.41, 5.74) is -0.239. The lowest BCUT2D eigenvalue weighted by molar-refractivity contribution is 0.0975. The largest absolute Gasteiger partial charge is 0.378 e. The van der Waals surface area contributed by atoms with Crippen molar-refractivity contribution >= 4 is 29.2 Å². The fourth-order valence-corrected chi connectivity index (χ4v) is 5.13. The zero-order valence-electron chi connectivity index (χ0n) is 15.9. The van der Waals surface area contributed by atoms with Crippen molar-refractivity contribution in [1.29, 1.82) is 0 Å². The van der Waals surface area contributed by atoms with Gasteiger partial charge < -0.3 is 19.2 Å². The van der Waals surface area contributed by atoms with Gasteiger partial charge in [0.1, 0.15) is 5.02 Å². The van der Waals surface area contributed by atoms with Crippen LogP contribution in [0.3, 0.4) is 0 Å². The van der Waals surface area contributed by atoms with Gasteiger partial charge >= 0.3 is 0 Å². The molecule has 1 atom stereocenters. The zero-order valence-corrected chi connectivity index (χ0v) is 17.5. The first-order chi connectivity index (χ1) is 13.4. The van der Waals surface area contributed by atoms with Gasteiger partial charge in [-0.3, -0.25) is 9.59 Å². The number of rotatable bonds is 3. The van der Waals surface area contributed by atoms with E-state index in [-0.39, 0.29) is 21.6 Å². The van der Waals surface area contributed by atoms with Gasteiger partial charge in [-0.1, -0.05) is 23.4 Å². The Morgan fingerprint density at radius 2 is 2.11 bits per heavy atom. The predicted molar refractivity (Wildman–Crippen MR) is 110 cm³/mol. The Morgan fingerprint density at radius 1 is 1.36 bits per heavy atom. The van der Waals surface area contributed by atoms with Gasteiger partial charge in [-0.05, 0) is 37.7 Å². The molecule has 28 heavy (non-hydrogen) atoms. The van der Waals surface area contributed by atoms with E-state index >= 15 is 0 Å². The minimum Gasteiger partial charge on any atom is -0.378 e. The van der Waals surface area contributed by atoms with Crippen LogP contribution in [0.15, 0.2) is 38.0 Å². The van der Waals surface area contributed by atoms with E-state index in [2.05, 4.69) is 16.9 Å². The first-order valence-corrected chi connectivity index (χ1v) is 10.6. The summed E-state index contributed by atoms with van der Waals surface area (Å²) in [7, 11) is 1.64. The van der Waals surface area contributed by atoms with Crippen LogP contribution in [-0.4, -0.2) is 40.3 Å². The molecule has 0 saturated carbocycles. The molecular formula is C19H23ClN4O3S. The maximum Gasteiger partial charge on any atom is 0.291 e. The Balaban J connectivity index is 1.48. The van der Waals surface area contributed by atoms with Crippen LogP contribution in [-0.2, 0) is 11.8 Å². The molecule has 9 heteroatoms. The number of aromatic nitrogens is 3. The van der Waals surface area contributed by atoms with E-state index in [1.165, 1.54) is 16.3 Å². The number of hydrogen-bond acceptors (Lipinski definition) is 6. The van der Waals surface area contributed by atoms with Crippen LogP contribution in [0.5, 0.6) is 0 Å². The Bertz CT molecular complexity index is 997. The molecule has 2 aromatic heterocycles. The van der Waals surface area contributed by atoms with Gasteiger partial charge in [-0.2, -0.15) is 0 Å². The highest BCUT2D eigenvalue weighted by Gasteiger charge is 2.41. The lowest BCUT2D eigenvalue weighted by Gasteiger charge is -2.38. The molecule has 0 bridgehead atoms. The van der Waals surface area contributed by atoms with Gasteiger partial charge in [0.05, 0.1) is 23.9 Å². The lowest BCUT2D eigenvalue weighted by Crippen LogP contribution is -2.43. The number of aryl methyl sites for hydroxylation is 1. The fourth-order valence-electron chi connectivity index (χ4n) is 4.02. The van der Waals surface area contributed by atoms with E-state index in [0.717, 1.165) is 39.0 Å². The van der Waals surface area contributed by atoms with E-state index in [9.17, 15) is 9.59 Å². The summed E-state index contributed by atoms with van der Waals surface area (Å²) < 4.78 is 7.18. The molecule has 2 fully saturated rings. The molecule has 2 aromatic rings. The van der Waals surface area contributed by atoms with Crippen molar-refractivity contribution in [3.05, 3.63) is 44.2 Å². The van der Waals surface area contributed by atoms with Crippen LogP contribution in [0.2, 0.25) is 5.02 Å². The molecule has 2 saturated heterocycles. The minimum absolute atomic E-state index is 0.134. The number of nitrogens with one attached hydrogen (secondary N) is 1. The molecule has 0 radical (unpaired) electrons. The molecule has 4 heterocycles. The van der Waals surface area contributed by atoms with Crippen LogP contribution < -0.4 is 16.0 Å². The average molecular weight is 423 g/mol. The Kier molecular flexibility index (Phi) is 5.28. The number of anilines is 1. The number of aromatic amines is 1. The van der Waals surface area contributed by atoms with E-state index in [0.29, 0.717) is 21.8 Å². The van der Waals surface area contributed by atoms with Crippen LogP contribution >= 0.6 is 23.4 Å². The number of hydrogen-bond donors (Lipinski definition) is 1. The van der Waals surface area contributed by atoms with Crippen LogP contribution in [0.1, 0.15) is 26.2 Å². The van der Waals surface area contributed by atoms with Crippen LogP contribution in [0.25, 0.3) is 0 Å². The second-order valence-electron chi connectivity index (χ2n) is 7.73. The highest BCUT2D eigenvalue weighted by molar-refractivity contribution is 7.99. The van der Waals surface area contributed by atoms with Gasteiger partial charge in [0.2, 0.25) is 0 Å². The summed E-state index contributed by atoms with van der Waals surface area (Å²) in [6.07, 6.45) is 6.72. The first kappa shape index (κ1) is 19.5. The molecular weight excluding hydrogens is 400 g/mol. The van der Waals surface area contributed by atoms with Crippen molar-refractivity contribution in [2.24, 2.45) is 12.5 Å². The quantitative estimate of drug-likeness (QED) is 0.819. The number of piperidine rings is 1. The summed E-state index contributed by atoms with van der Waals surface area (Å²) in [5, 5.41) is 0.685. The Labute approximate surface area is 172 Å². The second kappa shape index (κ2) is 7.57. The molecule has 7 nitrogen and oxygen atoms in total. The second-order valence-corrected chi connectivity index (χ2v) is 9.19. The average Bonchev–Trinajstić information content (AvgIpc) is 3.04. The smallest absolute Gasteiger partial charge is 0.291 e. The Morgan fingerprint density at radius 3 is 2.75 bits per heavy atom.